The summed E-state index contributed by atoms with van der Waals surface area (Å²) in [5.74, 6) is 0.683. The molecule has 7 heteroatoms. The van der Waals surface area contributed by atoms with Crippen LogP contribution in [0, 0.1) is 0 Å². The molecule has 2 bridgehead atoms. The summed E-state index contributed by atoms with van der Waals surface area (Å²) >= 11 is 0. The van der Waals surface area contributed by atoms with E-state index in [1.165, 1.54) is 12.8 Å². The molecular formula is C16H25Cl2N3O2. The second kappa shape index (κ2) is 8.71. The SMILES string of the molecule is CC(Oc1cccnc1)C(=O)N(C)C1CC2CCC(C1)N2.Cl.Cl. The van der Waals surface area contributed by atoms with E-state index >= 15 is 0 Å². The van der Waals surface area contributed by atoms with Crippen LogP contribution < -0.4 is 10.1 Å². The Bertz CT molecular complexity index is 491. The van der Waals surface area contributed by atoms with Gasteiger partial charge in [-0.1, -0.05) is 0 Å². The second-order valence-electron chi connectivity index (χ2n) is 6.16. The lowest BCUT2D eigenvalue weighted by Gasteiger charge is -2.36. The van der Waals surface area contributed by atoms with E-state index in [1.807, 2.05) is 24.9 Å². The van der Waals surface area contributed by atoms with Crippen LogP contribution in [-0.2, 0) is 4.79 Å². The third-order valence-electron chi connectivity index (χ3n) is 4.64. The highest BCUT2D eigenvalue weighted by molar-refractivity contribution is 5.85. The van der Waals surface area contributed by atoms with E-state index in [2.05, 4.69) is 10.3 Å². The maximum absolute atomic E-state index is 12.5. The van der Waals surface area contributed by atoms with E-state index in [0.29, 0.717) is 23.9 Å². The van der Waals surface area contributed by atoms with Crippen molar-refractivity contribution in [2.24, 2.45) is 0 Å². The van der Waals surface area contributed by atoms with Crippen molar-refractivity contribution in [2.45, 2.75) is 56.8 Å². The number of pyridine rings is 1. The molecule has 3 unspecified atom stereocenters. The van der Waals surface area contributed by atoms with Gasteiger partial charge in [0.1, 0.15) is 5.75 Å². The number of nitrogens with one attached hydrogen (secondary N) is 1. The molecule has 1 aromatic rings. The first-order valence-corrected chi connectivity index (χ1v) is 7.73. The average Bonchev–Trinajstić information content (AvgIpc) is 2.85. The molecule has 0 aliphatic carbocycles. The van der Waals surface area contributed by atoms with E-state index in [0.717, 1.165) is 12.8 Å². The highest BCUT2D eigenvalue weighted by atomic mass is 35.5. The maximum atomic E-state index is 12.5. The topological polar surface area (TPSA) is 54.5 Å². The predicted octanol–water partition coefficient (Wildman–Crippen LogP) is 2.43. The molecule has 2 aliphatic rings. The highest BCUT2D eigenvalue weighted by Crippen LogP contribution is 2.29. The Labute approximate surface area is 150 Å². The standard InChI is InChI=1S/C16H23N3O2.2ClH/c1-11(21-15-4-3-7-17-10-15)16(20)19(2)14-8-12-5-6-13(9-14)18-12;;/h3-4,7,10-14,18H,5-6,8-9H2,1-2H3;2*1H. The predicted molar refractivity (Wildman–Crippen MR) is 94.6 cm³/mol. The van der Waals surface area contributed by atoms with Gasteiger partial charge in [-0.15, -0.1) is 24.8 Å². The van der Waals surface area contributed by atoms with Gasteiger partial charge in [0.2, 0.25) is 0 Å². The molecular weight excluding hydrogens is 337 g/mol. The van der Waals surface area contributed by atoms with E-state index in [9.17, 15) is 4.79 Å². The van der Waals surface area contributed by atoms with Crippen LogP contribution in [0.25, 0.3) is 0 Å². The van der Waals surface area contributed by atoms with Gasteiger partial charge in [-0.05, 0) is 44.7 Å². The fourth-order valence-electron chi connectivity index (χ4n) is 3.48. The van der Waals surface area contributed by atoms with Crippen LogP contribution >= 0.6 is 24.8 Å². The summed E-state index contributed by atoms with van der Waals surface area (Å²) in [6, 6.07) is 5.12. The highest BCUT2D eigenvalue weighted by Gasteiger charge is 2.37. The number of carbonyl (C=O) groups excluding carboxylic acids is 1. The minimum atomic E-state index is -0.480. The number of halogens is 2. The Balaban J connectivity index is 0.00000132. The second-order valence-corrected chi connectivity index (χ2v) is 6.16. The minimum absolute atomic E-state index is 0. The fourth-order valence-corrected chi connectivity index (χ4v) is 3.48. The molecule has 5 nitrogen and oxygen atoms in total. The van der Waals surface area contributed by atoms with E-state index in [1.54, 1.807) is 18.5 Å². The number of likely N-dealkylation sites (N-methyl/N-ethyl adjacent to an activating group) is 1. The van der Waals surface area contributed by atoms with Gasteiger partial charge in [0.05, 0.1) is 6.20 Å². The van der Waals surface area contributed by atoms with Crippen molar-refractivity contribution in [3.63, 3.8) is 0 Å². The zero-order valence-corrected chi connectivity index (χ0v) is 15.1. The van der Waals surface area contributed by atoms with Crippen LogP contribution in [0.3, 0.4) is 0 Å². The smallest absolute Gasteiger partial charge is 0.263 e. The molecule has 3 atom stereocenters. The number of piperidine rings is 1. The molecule has 23 heavy (non-hydrogen) atoms. The average molecular weight is 362 g/mol. The lowest BCUT2D eigenvalue weighted by molar-refractivity contribution is -0.139. The van der Waals surface area contributed by atoms with Crippen LogP contribution in [0.2, 0.25) is 0 Å². The van der Waals surface area contributed by atoms with E-state index < -0.39 is 6.10 Å². The molecule has 0 spiro atoms. The minimum Gasteiger partial charge on any atom is -0.479 e. The summed E-state index contributed by atoms with van der Waals surface area (Å²) in [6.45, 7) is 1.81. The Morgan fingerprint density at radius 3 is 2.57 bits per heavy atom. The Morgan fingerprint density at radius 2 is 2.00 bits per heavy atom. The zero-order chi connectivity index (χ0) is 14.8. The first kappa shape index (κ1) is 20.0. The molecule has 0 saturated carbocycles. The van der Waals surface area contributed by atoms with E-state index in [4.69, 9.17) is 4.74 Å². The van der Waals surface area contributed by atoms with Gasteiger partial charge < -0.3 is 15.0 Å². The summed E-state index contributed by atoms with van der Waals surface area (Å²) in [7, 11) is 1.90. The lowest BCUT2D eigenvalue weighted by Crippen LogP contribution is -2.51. The monoisotopic (exact) mass is 361 g/mol. The Hall–Kier alpha value is -1.04. The van der Waals surface area contributed by atoms with Crippen molar-refractivity contribution in [3.05, 3.63) is 24.5 Å². The van der Waals surface area contributed by atoms with E-state index in [-0.39, 0.29) is 30.7 Å². The molecule has 3 rings (SSSR count). The molecule has 1 aromatic heterocycles. The summed E-state index contributed by atoms with van der Waals surface area (Å²) in [5, 5.41) is 3.61. The van der Waals surface area contributed by atoms with Crippen molar-refractivity contribution < 1.29 is 9.53 Å². The number of carbonyl (C=O) groups is 1. The molecule has 3 heterocycles. The summed E-state index contributed by atoms with van der Waals surface area (Å²) < 4.78 is 5.69. The first-order chi connectivity index (χ1) is 10.1. The van der Waals surface area contributed by atoms with Gasteiger partial charge in [-0.3, -0.25) is 9.78 Å². The number of hydrogen-bond donors (Lipinski definition) is 1. The van der Waals surface area contributed by atoms with Gasteiger partial charge in [-0.25, -0.2) is 0 Å². The Morgan fingerprint density at radius 1 is 1.35 bits per heavy atom. The number of ether oxygens (including phenoxy) is 1. The molecule has 1 amide bonds. The van der Waals surface area contributed by atoms with Crippen molar-refractivity contribution in [1.82, 2.24) is 15.2 Å². The number of rotatable bonds is 4. The molecule has 1 N–H and O–H groups in total. The molecule has 130 valence electrons. The molecule has 0 aromatic carbocycles. The molecule has 2 fully saturated rings. The lowest BCUT2D eigenvalue weighted by atomic mass is 9.98. The number of fused-ring (bicyclic) bond motifs is 2. The summed E-state index contributed by atoms with van der Waals surface area (Å²) in [4.78, 5) is 18.4. The van der Waals surface area contributed by atoms with Crippen LogP contribution in [0.15, 0.2) is 24.5 Å². The van der Waals surface area contributed by atoms with Crippen LogP contribution in [0.1, 0.15) is 32.6 Å². The van der Waals surface area contributed by atoms with Crippen molar-refractivity contribution in [3.8, 4) is 5.75 Å². The van der Waals surface area contributed by atoms with Gasteiger partial charge in [0.25, 0.3) is 5.91 Å². The Kier molecular flexibility index (Phi) is 7.58. The maximum Gasteiger partial charge on any atom is 0.263 e. The molecule has 2 saturated heterocycles. The third-order valence-corrected chi connectivity index (χ3v) is 4.64. The van der Waals surface area contributed by atoms with Crippen molar-refractivity contribution in [2.75, 3.05) is 7.05 Å². The fraction of sp³-hybridized carbons (Fsp3) is 0.625. The van der Waals surface area contributed by atoms with Gasteiger partial charge in [-0.2, -0.15) is 0 Å². The summed E-state index contributed by atoms with van der Waals surface area (Å²) in [6.07, 6.45) is 7.43. The number of aromatic nitrogens is 1. The zero-order valence-electron chi connectivity index (χ0n) is 13.5. The van der Waals surface area contributed by atoms with Crippen LogP contribution in [-0.4, -0.2) is 47.1 Å². The largest absolute Gasteiger partial charge is 0.479 e. The van der Waals surface area contributed by atoms with Crippen LogP contribution in [0.4, 0.5) is 0 Å². The number of nitrogens with zero attached hydrogens (tertiary/aromatic N) is 2. The van der Waals surface area contributed by atoms with Gasteiger partial charge >= 0.3 is 0 Å². The third kappa shape index (κ3) is 4.72. The van der Waals surface area contributed by atoms with Gasteiger partial charge in [0, 0.05) is 31.4 Å². The summed E-state index contributed by atoms with van der Waals surface area (Å²) in [5.41, 5.74) is 0. The first-order valence-electron chi connectivity index (χ1n) is 7.73. The molecule has 2 aliphatic heterocycles. The molecule has 0 radical (unpaired) electrons. The van der Waals surface area contributed by atoms with Crippen molar-refractivity contribution in [1.29, 1.82) is 0 Å². The van der Waals surface area contributed by atoms with Gasteiger partial charge in [0.15, 0.2) is 6.10 Å². The quantitative estimate of drug-likeness (QED) is 0.894. The normalized spacial score (nSPS) is 26.4. The number of hydrogen-bond acceptors (Lipinski definition) is 4. The van der Waals surface area contributed by atoms with Crippen molar-refractivity contribution >= 4 is 30.7 Å². The van der Waals surface area contributed by atoms with Crippen LogP contribution in [0.5, 0.6) is 5.75 Å². The number of amides is 1.